The first-order chi connectivity index (χ1) is 11.1. The number of rotatable bonds is 7. The van der Waals surface area contributed by atoms with Gasteiger partial charge in [-0.15, -0.1) is 0 Å². The fourth-order valence-electron chi connectivity index (χ4n) is 2.04. The van der Waals surface area contributed by atoms with Gasteiger partial charge in [0.25, 0.3) is 0 Å². The van der Waals surface area contributed by atoms with Gasteiger partial charge in [0.1, 0.15) is 12.4 Å². The molecule has 4 heteroatoms. The van der Waals surface area contributed by atoms with Crippen LogP contribution in [0.15, 0.2) is 54.6 Å². The number of nitrogens with two attached hydrogens (primary N) is 1. The summed E-state index contributed by atoms with van der Waals surface area (Å²) >= 11 is 0. The third kappa shape index (κ3) is 4.97. The van der Waals surface area contributed by atoms with Gasteiger partial charge in [-0.1, -0.05) is 18.2 Å². The van der Waals surface area contributed by atoms with Crippen LogP contribution in [0.1, 0.15) is 15.9 Å². The first-order valence-corrected chi connectivity index (χ1v) is 7.53. The summed E-state index contributed by atoms with van der Waals surface area (Å²) in [5.74, 6) is 0.683. The molecule has 0 aliphatic carbocycles. The Kier molecular flexibility index (Phi) is 5.94. The highest BCUT2D eigenvalue weighted by Crippen LogP contribution is 2.15. The topological polar surface area (TPSA) is 55.6 Å². The molecular weight excluding hydrogens is 288 g/mol. The highest BCUT2D eigenvalue weighted by molar-refractivity contribution is 6.06. The second-order valence-corrected chi connectivity index (χ2v) is 5.35. The van der Waals surface area contributed by atoms with Crippen molar-refractivity contribution in [2.75, 3.05) is 32.1 Å². The van der Waals surface area contributed by atoms with Gasteiger partial charge < -0.3 is 15.4 Å². The van der Waals surface area contributed by atoms with Gasteiger partial charge in [-0.05, 0) is 48.0 Å². The maximum atomic E-state index is 12.2. The second kappa shape index (κ2) is 8.15. The van der Waals surface area contributed by atoms with Crippen LogP contribution in [0.4, 0.5) is 5.69 Å². The summed E-state index contributed by atoms with van der Waals surface area (Å²) in [5, 5.41) is 0. The molecule has 0 saturated heterocycles. The third-order valence-electron chi connectivity index (χ3n) is 3.36. The van der Waals surface area contributed by atoms with Crippen molar-refractivity contribution in [3.63, 3.8) is 0 Å². The Morgan fingerprint density at radius 1 is 1.09 bits per heavy atom. The first kappa shape index (κ1) is 16.8. The highest BCUT2D eigenvalue weighted by Gasteiger charge is 2.02. The van der Waals surface area contributed by atoms with Gasteiger partial charge >= 0.3 is 0 Å². The monoisotopic (exact) mass is 310 g/mol. The normalized spacial score (nSPS) is 10.7. The smallest absolute Gasteiger partial charge is 0.185 e. The summed E-state index contributed by atoms with van der Waals surface area (Å²) in [6, 6.07) is 15.1. The SMILES string of the molecule is CN(C)c1ccc(/C=C/C(=O)c2ccc(OCCN)cc2)cc1. The zero-order valence-electron chi connectivity index (χ0n) is 13.5. The van der Waals surface area contributed by atoms with Gasteiger partial charge in [-0.3, -0.25) is 4.79 Å². The first-order valence-electron chi connectivity index (χ1n) is 7.53. The van der Waals surface area contributed by atoms with Crippen molar-refractivity contribution in [2.45, 2.75) is 0 Å². The molecule has 2 aromatic rings. The van der Waals surface area contributed by atoms with E-state index in [0.29, 0.717) is 18.7 Å². The number of hydrogen-bond donors (Lipinski definition) is 1. The standard InChI is InChI=1S/C19H22N2O2/c1-21(2)17-8-3-15(4-9-17)5-12-19(22)16-6-10-18(11-7-16)23-14-13-20/h3-12H,13-14,20H2,1-2H3/b12-5+. The van der Waals surface area contributed by atoms with E-state index >= 15 is 0 Å². The predicted octanol–water partition coefficient (Wildman–Crippen LogP) is 2.99. The van der Waals surface area contributed by atoms with Gasteiger partial charge in [0.15, 0.2) is 5.78 Å². The number of benzene rings is 2. The molecular formula is C19H22N2O2. The molecule has 0 unspecified atom stereocenters. The van der Waals surface area contributed by atoms with Crippen LogP contribution in [-0.4, -0.2) is 33.0 Å². The minimum Gasteiger partial charge on any atom is -0.492 e. The van der Waals surface area contributed by atoms with E-state index in [9.17, 15) is 4.79 Å². The Morgan fingerprint density at radius 2 is 1.74 bits per heavy atom. The summed E-state index contributed by atoms with van der Waals surface area (Å²) < 4.78 is 5.39. The lowest BCUT2D eigenvalue weighted by Gasteiger charge is -2.11. The zero-order valence-corrected chi connectivity index (χ0v) is 13.5. The molecule has 0 bridgehead atoms. The lowest BCUT2D eigenvalue weighted by molar-refractivity contribution is 0.104. The van der Waals surface area contributed by atoms with Crippen molar-refractivity contribution in [3.8, 4) is 5.75 Å². The van der Waals surface area contributed by atoms with Gasteiger partial charge in [-0.25, -0.2) is 0 Å². The maximum Gasteiger partial charge on any atom is 0.185 e. The van der Waals surface area contributed by atoms with E-state index in [1.165, 1.54) is 0 Å². The Bertz CT molecular complexity index is 659. The molecule has 120 valence electrons. The number of anilines is 1. The molecule has 0 spiro atoms. The summed E-state index contributed by atoms with van der Waals surface area (Å²) in [7, 11) is 3.99. The molecule has 0 saturated carbocycles. The average Bonchev–Trinajstić information content (AvgIpc) is 2.58. The van der Waals surface area contributed by atoms with Gasteiger partial charge in [0, 0.05) is 31.9 Å². The molecule has 2 aromatic carbocycles. The van der Waals surface area contributed by atoms with Crippen LogP contribution in [0.3, 0.4) is 0 Å². The molecule has 2 rings (SSSR count). The van der Waals surface area contributed by atoms with Crippen LogP contribution in [0.2, 0.25) is 0 Å². The van der Waals surface area contributed by atoms with Crippen molar-refractivity contribution in [2.24, 2.45) is 5.73 Å². The number of carbonyl (C=O) groups excluding carboxylic acids is 1. The zero-order chi connectivity index (χ0) is 16.7. The number of allylic oxidation sites excluding steroid dienone is 1. The number of ether oxygens (including phenoxy) is 1. The molecule has 0 heterocycles. The van der Waals surface area contributed by atoms with Gasteiger partial charge in [0.05, 0.1) is 0 Å². The lowest BCUT2D eigenvalue weighted by atomic mass is 10.1. The van der Waals surface area contributed by atoms with Crippen LogP contribution in [0, 0.1) is 0 Å². The van der Waals surface area contributed by atoms with Crippen LogP contribution in [-0.2, 0) is 0 Å². The fourth-order valence-corrected chi connectivity index (χ4v) is 2.04. The summed E-state index contributed by atoms with van der Waals surface area (Å²) in [5.41, 5.74) is 8.13. The predicted molar refractivity (Wildman–Crippen MR) is 95.1 cm³/mol. The van der Waals surface area contributed by atoms with E-state index in [1.54, 1.807) is 30.3 Å². The summed E-state index contributed by atoms with van der Waals surface area (Å²) in [4.78, 5) is 14.2. The maximum absolute atomic E-state index is 12.2. The summed E-state index contributed by atoms with van der Waals surface area (Å²) in [6.07, 6.45) is 3.40. The van der Waals surface area contributed by atoms with Crippen LogP contribution in [0.5, 0.6) is 5.75 Å². The minimum absolute atomic E-state index is 0.0351. The molecule has 2 N–H and O–H groups in total. The van der Waals surface area contributed by atoms with Gasteiger partial charge in [0.2, 0.25) is 0 Å². The van der Waals surface area contributed by atoms with Crippen molar-refractivity contribution < 1.29 is 9.53 Å². The largest absolute Gasteiger partial charge is 0.492 e. The summed E-state index contributed by atoms with van der Waals surface area (Å²) in [6.45, 7) is 0.937. The molecule has 23 heavy (non-hydrogen) atoms. The number of ketones is 1. The Hall–Kier alpha value is -2.59. The molecule has 0 atom stereocenters. The Labute approximate surface area is 137 Å². The van der Waals surface area contributed by atoms with Crippen LogP contribution >= 0.6 is 0 Å². The van der Waals surface area contributed by atoms with Gasteiger partial charge in [-0.2, -0.15) is 0 Å². The number of hydrogen-bond acceptors (Lipinski definition) is 4. The quantitative estimate of drug-likeness (QED) is 0.631. The molecule has 0 aromatic heterocycles. The molecule has 0 radical (unpaired) electrons. The molecule has 0 fully saturated rings. The minimum atomic E-state index is -0.0351. The van der Waals surface area contributed by atoms with Crippen LogP contribution in [0.25, 0.3) is 6.08 Å². The highest BCUT2D eigenvalue weighted by atomic mass is 16.5. The van der Waals surface area contributed by atoms with E-state index in [1.807, 2.05) is 49.3 Å². The Morgan fingerprint density at radius 3 is 2.30 bits per heavy atom. The second-order valence-electron chi connectivity index (χ2n) is 5.35. The van der Waals surface area contributed by atoms with Crippen molar-refractivity contribution >= 4 is 17.5 Å². The van der Waals surface area contributed by atoms with E-state index < -0.39 is 0 Å². The van der Waals surface area contributed by atoms with Crippen molar-refractivity contribution in [1.82, 2.24) is 0 Å². The van der Waals surface area contributed by atoms with E-state index in [2.05, 4.69) is 0 Å². The Balaban J connectivity index is 2.00. The van der Waals surface area contributed by atoms with E-state index in [0.717, 1.165) is 17.0 Å². The fraction of sp³-hybridized carbons (Fsp3) is 0.211. The third-order valence-corrected chi connectivity index (χ3v) is 3.36. The van der Waals surface area contributed by atoms with Crippen LogP contribution < -0.4 is 15.4 Å². The number of nitrogens with zero attached hydrogens (tertiary/aromatic N) is 1. The van der Waals surface area contributed by atoms with Crippen molar-refractivity contribution in [3.05, 3.63) is 65.7 Å². The van der Waals surface area contributed by atoms with E-state index in [-0.39, 0.29) is 5.78 Å². The molecule has 0 aliphatic heterocycles. The average molecular weight is 310 g/mol. The van der Waals surface area contributed by atoms with E-state index in [4.69, 9.17) is 10.5 Å². The molecule has 0 amide bonds. The molecule has 0 aliphatic rings. The lowest BCUT2D eigenvalue weighted by Crippen LogP contribution is -2.10. The molecule has 4 nitrogen and oxygen atoms in total. The number of carbonyl (C=O) groups is 1. The van der Waals surface area contributed by atoms with Crippen molar-refractivity contribution in [1.29, 1.82) is 0 Å².